The summed E-state index contributed by atoms with van der Waals surface area (Å²) in [4.78, 5) is 30.5. The Kier molecular flexibility index (Phi) is 5.24. The molecule has 3 aromatic rings. The molecular formula is C24H26N6O. The maximum absolute atomic E-state index is 13.4. The van der Waals surface area contributed by atoms with Gasteiger partial charge in [-0.05, 0) is 61.6 Å². The molecule has 1 amide bonds. The standard InChI is InChI=1S/C24H26N6O/c1-29-12-2-4-17-14-18(6-9-21(17)29)24(31)30-13-3-5-22(30)20-8-7-19(15-27-20)28-23-16-25-10-11-26-23/h6-11,14-16,22H,2-5,12-13H2,1H3,(H,26,28)/t22-/m0/s1. The van der Waals surface area contributed by atoms with E-state index in [1.54, 1.807) is 24.8 Å². The van der Waals surface area contributed by atoms with E-state index in [0.717, 1.165) is 55.7 Å². The third-order valence-electron chi connectivity index (χ3n) is 6.15. The fourth-order valence-corrected chi connectivity index (χ4v) is 4.59. The van der Waals surface area contributed by atoms with E-state index in [1.165, 1.54) is 11.3 Å². The molecule has 1 aromatic carbocycles. The van der Waals surface area contributed by atoms with Gasteiger partial charge in [-0.1, -0.05) is 0 Å². The lowest BCUT2D eigenvalue weighted by atomic mass is 9.99. The molecule has 1 atom stereocenters. The van der Waals surface area contributed by atoms with Crippen LogP contribution in [0.25, 0.3) is 0 Å². The van der Waals surface area contributed by atoms with Crippen molar-refractivity contribution >= 4 is 23.1 Å². The zero-order chi connectivity index (χ0) is 21.2. The van der Waals surface area contributed by atoms with Gasteiger partial charge < -0.3 is 15.1 Å². The molecule has 0 aliphatic carbocycles. The number of likely N-dealkylation sites (tertiary alicyclic amines) is 1. The molecule has 0 bridgehead atoms. The number of carbonyl (C=O) groups excluding carboxylic acids is 1. The highest BCUT2D eigenvalue weighted by atomic mass is 16.2. The Morgan fingerprint density at radius 3 is 2.81 bits per heavy atom. The van der Waals surface area contributed by atoms with Crippen molar-refractivity contribution in [3.63, 3.8) is 0 Å². The van der Waals surface area contributed by atoms with Crippen molar-refractivity contribution < 1.29 is 4.79 Å². The van der Waals surface area contributed by atoms with E-state index in [0.29, 0.717) is 5.82 Å². The van der Waals surface area contributed by atoms with Crippen LogP contribution in [-0.4, -0.2) is 45.9 Å². The summed E-state index contributed by atoms with van der Waals surface area (Å²) in [7, 11) is 2.12. The molecule has 1 N–H and O–H groups in total. The van der Waals surface area contributed by atoms with Crippen LogP contribution in [0.4, 0.5) is 17.2 Å². The number of hydrogen-bond acceptors (Lipinski definition) is 6. The minimum absolute atomic E-state index is 0.0109. The predicted molar refractivity (Wildman–Crippen MR) is 121 cm³/mol. The third-order valence-corrected chi connectivity index (χ3v) is 6.15. The fraction of sp³-hybridized carbons (Fsp3) is 0.333. The molecule has 2 aliphatic rings. The number of fused-ring (bicyclic) bond motifs is 1. The first-order chi connectivity index (χ1) is 15.2. The van der Waals surface area contributed by atoms with Crippen molar-refractivity contribution in [1.82, 2.24) is 19.9 Å². The van der Waals surface area contributed by atoms with Crippen molar-refractivity contribution in [1.29, 1.82) is 0 Å². The van der Waals surface area contributed by atoms with E-state index in [2.05, 4.69) is 44.3 Å². The summed E-state index contributed by atoms with van der Waals surface area (Å²) in [5.74, 6) is 0.773. The van der Waals surface area contributed by atoms with Crippen LogP contribution >= 0.6 is 0 Å². The van der Waals surface area contributed by atoms with E-state index < -0.39 is 0 Å². The van der Waals surface area contributed by atoms with Crippen molar-refractivity contribution in [2.45, 2.75) is 31.7 Å². The molecule has 2 aromatic heterocycles. The van der Waals surface area contributed by atoms with Crippen LogP contribution in [0.15, 0.2) is 55.1 Å². The van der Waals surface area contributed by atoms with Gasteiger partial charge in [0, 0.05) is 43.8 Å². The summed E-state index contributed by atoms with van der Waals surface area (Å²) in [6, 6.07) is 10.1. The topological polar surface area (TPSA) is 74.2 Å². The van der Waals surface area contributed by atoms with Crippen molar-refractivity contribution in [2.75, 3.05) is 30.4 Å². The Hall–Kier alpha value is -3.48. The van der Waals surface area contributed by atoms with E-state index in [1.807, 2.05) is 23.1 Å². The third kappa shape index (κ3) is 3.95. The lowest BCUT2D eigenvalue weighted by Crippen LogP contribution is -2.31. The number of hydrogen-bond donors (Lipinski definition) is 1. The summed E-state index contributed by atoms with van der Waals surface area (Å²) >= 11 is 0. The Labute approximate surface area is 182 Å². The summed E-state index contributed by atoms with van der Waals surface area (Å²) in [5, 5.41) is 3.19. The zero-order valence-electron chi connectivity index (χ0n) is 17.7. The Morgan fingerprint density at radius 1 is 1.06 bits per heavy atom. The molecule has 1 saturated heterocycles. The van der Waals surface area contributed by atoms with Crippen LogP contribution in [-0.2, 0) is 6.42 Å². The average molecular weight is 415 g/mol. The first-order valence-corrected chi connectivity index (χ1v) is 10.8. The van der Waals surface area contributed by atoms with Gasteiger partial charge in [-0.2, -0.15) is 0 Å². The number of amides is 1. The van der Waals surface area contributed by atoms with Crippen LogP contribution in [0.3, 0.4) is 0 Å². The summed E-state index contributed by atoms with van der Waals surface area (Å²) in [6.45, 7) is 1.84. The van der Waals surface area contributed by atoms with E-state index in [-0.39, 0.29) is 11.9 Å². The van der Waals surface area contributed by atoms with Crippen molar-refractivity contribution in [3.05, 3.63) is 71.9 Å². The van der Waals surface area contributed by atoms with Gasteiger partial charge in [-0.25, -0.2) is 4.98 Å². The number of aryl methyl sites for hydroxylation is 1. The highest BCUT2D eigenvalue weighted by molar-refractivity contribution is 5.95. The number of carbonyl (C=O) groups is 1. The monoisotopic (exact) mass is 414 g/mol. The second kappa shape index (κ2) is 8.34. The number of anilines is 3. The van der Waals surface area contributed by atoms with Crippen molar-refractivity contribution in [2.24, 2.45) is 0 Å². The maximum atomic E-state index is 13.4. The van der Waals surface area contributed by atoms with Crippen LogP contribution in [0.2, 0.25) is 0 Å². The molecule has 5 rings (SSSR count). The molecule has 1 fully saturated rings. The first kappa shape index (κ1) is 19.5. The number of nitrogens with one attached hydrogen (secondary N) is 1. The van der Waals surface area contributed by atoms with Gasteiger partial charge in [0.05, 0.1) is 29.8 Å². The maximum Gasteiger partial charge on any atom is 0.254 e. The Bertz CT molecular complexity index is 1070. The molecule has 2 aliphatic heterocycles. The number of pyridine rings is 1. The van der Waals surface area contributed by atoms with Crippen LogP contribution in [0.5, 0.6) is 0 Å². The molecule has 0 radical (unpaired) electrons. The molecule has 4 heterocycles. The molecule has 0 spiro atoms. The van der Waals surface area contributed by atoms with Gasteiger partial charge in [0.25, 0.3) is 5.91 Å². The molecule has 0 saturated carbocycles. The average Bonchev–Trinajstić information content (AvgIpc) is 3.30. The van der Waals surface area contributed by atoms with Crippen LogP contribution in [0.1, 0.15) is 46.9 Å². The van der Waals surface area contributed by atoms with E-state index >= 15 is 0 Å². The SMILES string of the molecule is CN1CCCc2cc(C(=O)N3CCC[C@H]3c3ccc(Nc4cnccn4)cn3)ccc21. The normalized spacial score (nSPS) is 18.0. The van der Waals surface area contributed by atoms with Gasteiger partial charge in [-0.15, -0.1) is 0 Å². The second-order valence-corrected chi connectivity index (χ2v) is 8.21. The largest absolute Gasteiger partial charge is 0.374 e. The van der Waals surface area contributed by atoms with Crippen molar-refractivity contribution in [3.8, 4) is 0 Å². The summed E-state index contributed by atoms with van der Waals surface area (Å²) < 4.78 is 0. The molecule has 0 unspecified atom stereocenters. The van der Waals surface area contributed by atoms with Crippen LogP contribution in [0, 0.1) is 0 Å². The van der Waals surface area contributed by atoms with Crippen LogP contribution < -0.4 is 10.2 Å². The minimum Gasteiger partial charge on any atom is -0.374 e. The molecule has 158 valence electrons. The second-order valence-electron chi connectivity index (χ2n) is 8.21. The smallest absolute Gasteiger partial charge is 0.254 e. The lowest BCUT2D eigenvalue weighted by Gasteiger charge is -2.29. The van der Waals surface area contributed by atoms with Gasteiger partial charge in [0.1, 0.15) is 5.82 Å². The fourth-order valence-electron chi connectivity index (χ4n) is 4.59. The number of rotatable bonds is 4. The summed E-state index contributed by atoms with van der Waals surface area (Å²) in [6.07, 6.45) is 10.8. The number of benzene rings is 1. The van der Waals surface area contributed by atoms with E-state index in [4.69, 9.17) is 0 Å². The molecule has 7 heteroatoms. The summed E-state index contributed by atoms with van der Waals surface area (Å²) in [5.41, 5.74) is 5.07. The predicted octanol–water partition coefficient (Wildman–Crippen LogP) is 3.97. The van der Waals surface area contributed by atoms with Gasteiger partial charge in [0.2, 0.25) is 0 Å². The highest BCUT2D eigenvalue weighted by Crippen LogP contribution is 2.34. The van der Waals surface area contributed by atoms with E-state index in [9.17, 15) is 4.79 Å². The molecule has 7 nitrogen and oxygen atoms in total. The molecule has 31 heavy (non-hydrogen) atoms. The lowest BCUT2D eigenvalue weighted by molar-refractivity contribution is 0.0733. The molecular weight excluding hydrogens is 388 g/mol. The van der Waals surface area contributed by atoms with Gasteiger partial charge in [0.15, 0.2) is 0 Å². The minimum atomic E-state index is 0.0109. The quantitative estimate of drug-likeness (QED) is 0.696. The highest BCUT2D eigenvalue weighted by Gasteiger charge is 2.32. The Morgan fingerprint density at radius 2 is 2.00 bits per heavy atom. The Balaban J connectivity index is 1.33. The first-order valence-electron chi connectivity index (χ1n) is 10.8. The number of nitrogens with zero attached hydrogens (tertiary/aromatic N) is 5. The van der Waals surface area contributed by atoms with Gasteiger partial charge >= 0.3 is 0 Å². The number of aromatic nitrogens is 3. The zero-order valence-corrected chi connectivity index (χ0v) is 17.7. The van der Waals surface area contributed by atoms with Gasteiger partial charge in [-0.3, -0.25) is 14.8 Å².